The first-order valence-electron chi connectivity index (χ1n) is 7.87. The standard InChI is InChI=1S/C19H18FN3O2/c1-12-9-13-5-4-8-21-18(13)16(10-12)23-19(25)22-11-17(24)14-6-2-3-7-15(14)20/h2-10,17,24H,11H2,1H3,(H2,22,23,25). The van der Waals surface area contributed by atoms with Gasteiger partial charge in [0.25, 0.3) is 0 Å². The molecule has 1 heterocycles. The summed E-state index contributed by atoms with van der Waals surface area (Å²) in [5.74, 6) is -0.508. The lowest BCUT2D eigenvalue weighted by Gasteiger charge is -2.14. The highest BCUT2D eigenvalue weighted by Gasteiger charge is 2.14. The number of hydrogen-bond donors (Lipinski definition) is 3. The molecule has 2 aromatic carbocycles. The molecule has 3 rings (SSSR count). The number of halogens is 1. The third-order valence-corrected chi connectivity index (χ3v) is 3.82. The molecule has 0 fully saturated rings. The summed E-state index contributed by atoms with van der Waals surface area (Å²) in [6.07, 6.45) is 0.530. The normalized spacial score (nSPS) is 12.0. The van der Waals surface area contributed by atoms with Crippen molar-refractivity contribution >= 4 is 22.6 Å². The van der Waals surface area contributed by atoms with Gasteiger partial charge in [-0.2, -0.15) is 0 Å². The maximum absolute atomic E-state index is 13.6. The molecular formula is C19H18FN3O2. The Kier molecular flexibility index (Phi) is 4.90. The Bertz CT molecular complexity index is 914. The van der Waals surface area contributed by atoms with Crippen molar-refractivity contribution in [1.29, 1.82) is 0 Å². The molecular weight excluding hydrogens is 321 g/mol. The number of carbonyl (C=O) groups excluding carboxylic acids is 1. The predicted octanol–water partition coefficient (Wildman–Crippen LogP) is 3.54. The van der Waals surface area contributed by atoms with Gasteiger partial charge in [-0.15, -0.1) is 0 Å². The van der Waals surface area contributed by atoms with E-state index in [4.69, 9.17) is 0 Å². The summed E-state index contributed by atoms with van der Waals surface area (Å²) in [5, 5.41) is 16.2. The second-order valence-corrected chi connectivity index (χ2v) is 5.76. The lowest BCUT2D eigenvalue weighted by Crippen LogP contribution is -2.32. The van der Waals surface area contributed by atoms with Crippen LogP contribution in [0.1, 0.15) is 17.2 Å². The van der Waals surface area contributed by atoms with E-state index in [1.54, 1.807) is 18.3 Å². The molecule has 128 valence electrons. The minimum absolute atomic E-state index is 0.107. The number of carbonyl (C=O) groups is 1. The molecule has 3 N–H and O–H groups in total. The van der Waals surface area contributed by atoms with Gasteiger partial charge in [0.1, 0.15) is 5.82 Å². The number of pyridine rings is 1. The third kappa shape index (κ3) is 3.92. The molecule has 2 amide bonds. The van der Waals surface area contributed by atoms with E-state index in [1.807, 2.05) is 31.2 Å². The van der Waals surface area contributed by atoms with Crippen molar-refractivity contribution < 1.29 is 14.3 Å². The number of nitrogens with one attached hydrogen (secondary N) is 2. The molecule has 1 unspecified atom stereocenters. The molecule has 6 heteroatoms. The molecule has 0 aliphatic carbocycles. The largest absolute Gasteiger partial charge is 0.386 e. The molecule has 25 heavy (non-hydrogen) atoms. The fourth-order valence-corrected chi connectivity index (χ4v) is 2.65. The first-order chi connectivity index (χ1) is 12.0. The number of benzene rings is 2. The van der Waals surface area contributed by atoms with Gasteiger partial charge in [0.05, 0.1) is 17.3 Å². The first-order valence-corrected chi connectivity index (χ1v) is 7.87. The molecule has 0 aliphatic heterocycles. The van der Waals surface area contributed by atoms with E-state index in [1.165, 1.54) is 12.1 Å². The maximum Gasteiger partial charge on any atom is 0.319 e. The van der Waals surface area contributed by atoms with Crippen LogP contribution < -0.4 is 10.6 Å². The van der Waals surface area contributed by atoms with Crippen LogP contribution >= 0.6 is 0 Å². The van der Waals surface area contributed by atoms with Gasteiger partial charge in [-0.05, 0) is 36.8 Å². The van der Waals surface area contributed by atoms with Gasteiger partial charge in [0.15, 0.2) is 0 Å². The summed E-state index contributed by atoms with van der Waals surface area (Å²) in [6.45, 7) is 1.82. The number of aliphatic hydroxyl groups is 1. The van der Waals surface area contributed by atoms with E-state index in [0.717, 1.165) is 10.9 Å². The molecule has 0 bridgehead atoms. The van der Waals surface area contributed by atoms with Gasteiger partial charge in [0, 0.05) is 23.7 Å². The van der Waals surface area contributed by atoms with Crippen molar-refractivity contribution in [2.75, 3.05) is 11.9 Å². The SMILES string of the molecule is Cc1cc(NC(=O)NCC(O)c2ccccc2F)c2ncccc2c1. The Labute approximate surface area is 144 Å². The van der Waals surface area contributed by atoms with Crippen molar-refractivity contribution in [3.8, 4) is 0 Å². The minimum Gasteiger partial charge on any atom is -0.386 e. The molecule has 0 saturated carbocycles. The number of rotatable bonds is 4. The van der Waals surface area contributed by atoms with Crippen LogP contribution in [-0.2, 0) is 0 Å². The second-order valence-electron chi connectivity index (χ2n) is 5.76. The molecule has 0 spiro atoms. The van der Waals surface area contributed by atoms with Crippen LogP contribution in [0, 0.1) is 12.7 Å². The fourth-order valence-electron chi connectivity index (χ4n) is 2.65. The van der Waals surface area contributed by atoms with E-state index in [0.29, 0.717) is 11.2 Å². The molecule has 3 aromatic rings. The van der Waals surface area contributed by atoms with Gasteiger partial charge >= 0.3 is 6.03 Å². The smallest absolute Gasteiger partial charge is 0.319 e. The molecule has 0 aliphatic rings. The van der Waals surface area contributed by atoms with Crippen LogP contribution in [-0.4, -0.2) is 22.7 Å². The number of nitrogens with zero attached hydrogens (tertiary/aromatic N) is 1. The van der Waals surface area contributed by atoms with Crippen LogP contribution in [0.15, 0.2) is 54.7 Å². The maximum atomic E-state index is 13.6. The van der Waals surface area contributed by atoms with Gasteiger partial charge < -0.3 is 15.7 Å². The number of aromatic nitrogens is 1. The van der Waals surface area contributed by atoms with Gasteiger partial charge in [0.2, 0.25) is 0 Å². The Morgan fingerprint density at radius 2 is 2.04 bits per heavy atom. The second kappa shape index (κ2) is 7.27. The molecule has 5 nitrogen and oxygen atoms in total. The van der Waals surface area contributed by atoms with E-state index in [9.17, 15) is 14.3 Å². The van der Waals surface area contributed by atoms with Crippen molar-refractivity contribution in [3.63, 3.8) is 0 Å². The highest BCUT2D eigenvalue weighted by Crippen LogP contribution is 2.23. The van der Waals surface area contributed by atoms with Crippen molar-refractivity contribution in [2.24, 2.45) is 0 Å². The number of urea groups is 1. The zero-order valence-electron chi connectivity index (χ0n) is 13.7. The number of fused-ring (bicyclic) bond motifs is 1. The predicted molar refractivity (Wildman–Crippen MR) is 94.9 cm³/mol. The Hall–Kier alpha value is -2.99. The Morgan fingerprint density at radius 1 is 1.24 bits per heavy atom. The number of aryl methyl sites for hydroxylation is 1. The topological polar surface area (TPSA) is 74.2 Å². The number of hydrogen-bond acceptors (Lipinski definition) is 3. The van der Waals surface area contributed by atoms with Crippen LogP contribution in [0.25, 0.3) is 10.9 Å². The molecule has 1 aromatic heterocycles. The van der Waals surface area contributed by atoms with Gasteiger partial charge in [-0.25, -0.2) is 9.18 Å². The summed E-state index contributed by atoms with van der Waals surface area (Å²) >= 11 is 0. The average molecular weight is 339 g/mol. The summed E-state index contributed by atoms with van der Waals surface area (Å²) in [7, 11) is 0. The quantitative estimate of drug-likeness (QED) is 0.681. The van der Waals surface area contributed by atoms with E-state index in [2.05, 4.69) is 15.6 Å². The summed E-state index contributed by atoms with van der Waals surface area (Å²) in [4.78, 5) is 16.4. The number of aliphatic hydroxyl groups excluding tert-OH is 1. The van der Waals surface area contributed by atoms with E-state index < -0.39 is 18.0 Å². The highest BCUT2D eigenvalue weighted by atomic mass is 19.1. The first kappa shape index (κ1) is 16.9. The van der Waals surface area contributed by atoms with Crippen LogP contribution in [0.2, 0.25) is 0 Å². The molecule has 1 atom stereocenters. The number of amides is 2. The van der Waals surface area contributed by atoms with Crippen LogP contribution in [0.4, 0.5) is 14.9 Å². The van der Waals surface area contributed by atoms with Crippen LogP contribution in [0.3, 0.4) is 0 Å². The zero-order valence-corrected chi connectivity index (χ0v) is 13.7. The summed E-state index contributed by atoms with van der Waals surface area (Å²) < 4.78 is 13.6. The van der Waals surface area contributed by atoms with Crippen molar-refractivity contribution in [3.05, 3.63) is 71.7 Å². The third-order valence-electron chi connectivity index (χ3n) is 3.82. The summed E-state index contributed by atoms with van der Waals surface area (Å²) in [6, 6.07) is 13.0. The average Bonchev–Trinajstić information content (AvgIpc) is 2.60. The van der Waals surface area contributed by atoms with E-state index in [-0.39, 0.29) is 12.1 Å². The summed E-state index contributed by atoms with van der Waals surface area (Å²) in [5.41, 5.74) is 2.39. The lowest BCUT2D eigenvalue weighted by molar-refractivity contribution is 0.170. The molecule has 0 radical (unpaired) electrons. The van der Waals surface area contributed by atoms with Gasteiger partial charge in [-0.1, -0.05) is 24.3 Å². The van der Waals surface area contributed by atoms with Crippen LogP contribution in [0.5, 0.6) is 0 Å². The van der Waals surface area contributed by atoms with Gasteiger partial charge in [-0.3, -0.25) is 4.98 Å². The molecule has 0 saturated heterocycles. The Balaban J connectivity index is 1.68. The van der Waals surface area contributed by atoms with E-state index >= 15 is 0 Å². The van der Waals surface area contributed by atoms with Crippen molar-refractivity contribution in [2.45, 2.75) is 13.0 Å². The van der Waals surface area contributed by atoms with Crippen molar-refractivity contribution in [1.82, 2.24) is 10.3 Å². The fraction of sp³-hybridized carbons (Fsp3) is 0.158. The lowest BCUT2D eigenvalue weighted by atomic mass is 10.1. The number of anilines is 1. The Morgan fingerprint density at radius 3 is 2.84 bits per heavy atom. The minimum atomic E-state index is -1.13. The highest BCUT2D eigenvalue weighted by molar-refractivity contribution is 5.99. The zero-order chi connectivity index (χ0) is 17.8. The monoisotopic (exact) mass is 339 g/mol.